The van der Waals surface area contributed by atoms with Crippen LogP contribution < -0.4 is 5.32 Å². The first kappa shape index (κ1) is 14.1. The molecule has 3 nitrogen and oxygen atoms in total. The van der Waals surface area contributed by atoms with Crippen molar-refractivity contribution in [3.8, 4) is 0 Å². The average molecular weight is 253 g/mol. The fourth-order valence-corrected chi connectivity index (χ4v) is 2.19. The lowest BCUT2D eigenvalue weighted by atomic mass is 10.2. The topological polar surface area (TPSA) is 38.3 Å². The van der Waals surface area contributed by atoms with Crippen molar-refractivity contribution in [2.24, 2.45) is 0 Å². The van der Waals surface area contributed by atoms with Crippen LogP contribution in [0.3, 0.4) is 0 Å². The van der Waals surface area contributed by atoms with Gasteiger partial charge in [-0.2, -0.15) is 0 Å². The first-order valence-corrected chi connectivity index (χ1v) is 6.63. The lowest BCUT2D eigenvalue weighted by molar-refractivity contribution is -0.137. The molecule has 1 N–H and O–H groups in total. The zero-order chi connectivity index (χ0) is 12.7. The maximum atomic E-state index is 11.1. The van der Waals surface area contributed by atoms with Crippen molar-refractivity contribution in [3.63, 3.8) is 0 Å². The number of nitrogens with one attached hydrogen (secondary N) is 1. The van der Waals surface area contributed by atoms with Crippen molar-refractivity contribution in [2.75, 3.05) is 12.9 Å². The van der Waals surface area contributed by atoms with Crippen LogP contribution in [-0.2, 0) is 16.1 Å². The number of hydrogen-bond donors (Lipinski definition) is 1. The zero-order valence-electron chi connectivity index (χ0n) is 10.5. The van der Waals surface area contributed by atoms with Crippen LogP contribution in [0.4, 0.5) is 0 Å². The third kappa shape index (κ3) is 5.24. The smallest absolute Gasteiger partial charge is 0.315 e. The first-order chi connectivity index (χ1) is 8.13. The van der Waals surface area contributed by atoms with Gasteiger partial charge in [0, 0.05) is 17.5 Å². The Kier molecular flexibility index (Phi) is 6.08. The molecule has 0 aliphatic heterocycles. The summed E-state index contributed by atoms with van der Waals surface area (Å²) in [5, 5.41) is 3.37. The lowest BCUT2D eigenvalue weighted by Gasteiger charge is -2.11. The fraction of sp³-hybridized carbons (Fsp3) is 0.462. The Labute approximate surface area is 107 Å². The molecular formula is C13H19NO2S. The quantitative estimate of drug-likeness (QED) is 0.624. The summed E-state index contributed by atoms with van der Waals surface area (Å²) in [5.41, 5.74) is 1.22. The van der Waals surface area contributed by atoms with Gasteiger partial charge >= 0.3 is 5.97 Å². The Morgan fingerprint density at radius 1 is 1.41 bits per heavy atom. The van der Waals surface area contributed by atoms with E-state index in [1.165, 1.54) is 24.4 Å². The van der Waals surface area contributed by atoms with Gasteiger partial charge < -0.3 is 10.1 Å². The van der Waals surface area contributed by atoms with Crippen LogP contribution in [-0.4, -0.2) is 24.9 Å². The van der Waals surface area contributed by atoms with Crippen molar-refractivity contribution in [3.05, 3.63) is 29.8 Å². The van der Waals surface area contributed by atoms with E-state index in [1.54, 1.807) is 0 Å². The predicted molar refractivity (Wildman–Crippen MR) is 71.2 cm³/mol. The van der Waals surface area contributed by atoms with Gasteiger partial charge in [-0.25, -0.2) is 0 Å². The van der Waals surface area contributed by atoms with Gasteiger partial charge in [-0.1, -0.05) is 32.0 Å². The summed E-state index contributed by atoms with van der Waals surface area (Å²) in [4.78, 5) is 12.2. The summed E-state index contributed by atoms with van der Waals surface area (Å²) >= 11 is 1.52. The second-order valence-corrected chi connectivity index (χ2v) is 5.03. The van der Waals surface area contributed by atoms with Crippen molar-refractivity contribution >= 4 is 17.7 Å². The van der Waals surface area contributed by atoms with Gasteiger partial charge in [0.1, 0.15) is 0 Å². The molecule has 1 rings (SSSR count). The van der Waals surface area contributed by atoms with Crippen LogP contribution in [0.25, 0.3) is 0 Å². The largest absolute Gasteiger partial charge is 0.468 e. The fourth-order valence-electron chi connectivity index (χ4n) is 1.30. The van der Waals surface area contributed by atoms with Gasteiger partial charge in [0.15, 0.2) is 0 Å². The predicted octanol–water partition coefficient (Wildman–Crippen LogP) is 2.45. The highest BCUT2D eigenvalue weighted by atomic mass is 32.2. The molecule has 0 saturated heterocycles. The molecule has 4 heteroatoms. The molecule has 0 saturated carbocycles. The van der Waals surface area contributed by atoms with Gasteiger partial charge in [0.05, 0.1) is 12.9 Å². The van der Waals surface area contributed by atoms with Crippen LogP contribution in [0.5, 0.6) is 0 Å². The number of carbonyl (C=O) groups is 1. The van der Waals surface area contributed by atoms with E-state index in [2.05, 4.69) is 30.0 Å². The molecule has 0 amide bonds. The number of esters is 1. The Morgan fingerprint density at radius 2 is 2.12 bits per heavy atom. The van der Waals surface area contributed by atoms with E-state index >= 15 is 0 Å². The minimum absolute atomic E-state index is 0.193. The molecule has 0 heterocycles. The Morgan fingerprint density at radius 3 is 2.76 bits per heavy atom. The van der Waals surface area contributed by atoms with Gasteiger partial charge in [-0.05, 0) is 11.6 Å². The van der Waals surface area contributed by atoms with E-state index in [9.17, 15) is 4.79 Å². The standard InChI is InChI=1S/C13H19NO2S/c1-10(2)14-8-11-6-4-5-7-12(11)17-9-13(15)16-3/h4-7,10,14H,8-9H2,1-3H3. The summed E-state index contributed by atoms with van der Waals surface area (Å²) in [5.74, 6) is 0.163. The number of hydrogen-bond acceptors (Lipinski definition) is 4. The molecular weight excluding hydrogens is 234 g/mol. The van der Waals surface area contributed by atoms with Gasteiger partial charge in [-0.15, -0.1) is 11.8 Å². The normalized spacial score (nSPS) is 10.6. The maximum absolute atomic E-state index is 11.1. The average Bonchev–Trinajstić information content (AvgIpc) is 2.34. The number of ether oxygens (including phenoxy) is 1. The molecule has 0 aliphatic rings. The van der Waals surface area contributed by atoms with E-state index in [0.717, 1.165) is 11.4 Å². The third-order valence-corrected chi connectivity index (χ3v) is 3.34. The van der Waals surface area contributed by atoms with Gasteiger partial charge in [-0.3, -0.25) is 4.79 Å². The van der Waals surface area contributed by atoms with Crippen molar-refractivity contribution in [1.82, 2.24) is 5.32 Å². The molecule has 0 bridgehead atoms. The van der Waals surface area contributed by atoms with Crippen LogP contribution in [0, 0.1) is 0 Å². The monoisotopic (exact) mass is 253 g/mol. The van der Waals surface area contributed by atoms with E-state index in [0.29, 0.717) is 11.8 Å². The van der Waals surface area contributed by atoms with E-state index in [-0.39, 0.29) is 5.97 Å². The second kappa shape index (κ2) is 7.35. The summed E-state index contributed by atoms with van der Waals surface area (Å²) < 4.78 is 4.63. The molecule has 0 aliphatic carbocycles. The third-order valence-electron chi connectivity index (χ3n) is 2.25. The summed E-state index contributed by atoms with van der Waals surface area (Å²) in [6.45, 7) is 5.05. The van der Waals surface area contributed by atoms with E-state index in [4.69, 9.17) is 0 Å². The molecule has 1 aromatic carbocycles. The molecule has 0 aromatic heterocycles. The highest BCUT2D eigenvalue weighted by molar-refractivity contribution is 8.00. The van der Waals surface area contributed by atoms with Gasteiger partial charge in [0.2, 0.25) is 0 Å². The molecule has 0 unspecified atom stereocenters. The molecule has 0 radical (unpaired) electrons. The molecule has 0 spiro atoms. The number of methoxy groups -OCH3 is 1. The van der Waals surface area contributed by atoms with Crippen LogP contribution >= 0.6 is 11.8 Å². The van der Waals surface area contributed by atoms with Crippen LogP contribution in [0.1, 0.15) is 19.4 Å². The van der Waals surface area contributed by atoms with Crippen LogP contribution in [0.15, 0.2) is 29.2 Å². The van der Waals surface area contributed by atoms with Crippen molar-refractivity contribution in [1.29, 1.82) is 0 Å². The zero-order valence-corrected chi connectivity index (χ0v) is 11.3. The summed E-state index contributed by atoms with van der Waals surface area (Å²) in [6.07, 6.45) is 0. The summed E-state index contributed by atoms with van der Waals surface area (Å²) in [6, 6.07) is 8.56. The number of benzene rings is 1. The Balaban J connectivity index is 2.60. The van der Waals surface area contributed by atoms with Crippen LogP contribution in [0.2, 0.25) is 0 Å². The SMILES string of the molecule is COC(=O)CSc1ccccc1CNC(C)C. The van der Waals surface area contributed by atoms with Crippen molar-refractivity contribution < 1.29 is 9.53 Å². The lowest BCUT2D eigenvalue weighted by Crippen LogP contribution is -2.22. The Hall–Kier alpha value is -1.00. The molecule has 0 fully saturated rings. The first-order valence-electron chi connectivity index (χ1n) is 5.64. The Bertz CT molecular complexity index is 366. The van der Waals surface area contributed by atoms with E-state index in [1.807, 2.05) is 18.2 Å². The van der Waals surface area contributed by atoms with Gasteiger partial charge in [0.25, 0.3) is 0 Å². The summed E-state index contributed by atoms with van der Waals surface area (Å²) in [7, 11) is 1.41. The van der Waals surface area contributed by atoms with Crippen molar-refractivity contribution in [2.45, 2.75) is 31.3 Å². The minimum atomic E-state index is -0.193. The molecule has 17 heavy (non-hydrogen) atoms. The second-order valence-electron chi connectivity index (χ2n) is 4.01. The molecule has 0 atom stereocenters. The number of carbonyl (C=O) groups excluding carboxylic acids is 1. The number of rotatable bonds is 6. The minimum Gasteiger partial charge on any atom is -0.468 e. The molecule has 1 aromatic rings. The maximum Gasteiger partial charge on any atom is 0.315 e. The van der Waals surface area contributed by atoms with E-state index < -0.39 is 0 Å². The number of thioether (sulfide) groups is 1. The highest BCUT2D eigenvalue weighted by Crippen LogP contribution is 2.22. The molecule has 94 valence electrons. The highest BCUT2D eigenvalue weighted by Gasteiger charge is 2.06.